The van der Waals surface area contributed by atoms with Crippen molar-refractivity contribution in [3.8, 4) is 56.4 Å². The number of rotatable bonds is 9. The fourth-order valence-electron chi connectivity index (χ4n) is 11.2. The molecule has 0 radical (unpaired) electrons. The molecule has 1 aliphatic rings. The van der Waals surface area contributed by atoms with Gasteiger partial charge in [-0.2, -0.15) is 12.1 Å². The number of nitrogens with zero attached hydrogens (tertiary/aromatic N) is 5. The molecule has 0 atom stereocenters. The fourth-order valence-corrected chi connectivity index (χ4v) is 12.3. The molecule has 0 unspecified atom stereocenters. The second-order valence-corrected chi connectivity index (χ2v) is 23.0. The van der Waals surface area contributed by atoms with Gasteiger partial charge in [0.05, 0.1) is 0 Å². The van der Waals surface area contributed by atoms with Crippen LogP contribution in [0.4, 0.5) is 11.5 Å². The zero-order chi connectivity index (χ0) is 55.2. The number of benzene rings is 9. The van der Waals surface area contributed by atoms with E-state index < -0.39 is 6.85 Å². The molecule has 0 spiro atoms. The summed E-state index contributed by atoms with van der Waals surface area (Å²) < 4.78 is 41.0. The molecule has 0 amide bonds. The van der Waals surface area contributed by atoms with E-state index in [1.807, 2.05) is 48.5 Å². The van der Waals surface area contributed by atoms with Gasteiger partial charge in [0.25, 0.3) is 0 Å². The summed E-state index contributed by atoms with van der Waals surface area (Å²) in [6.07, 6.45) is 0. The molecule has 6 nitrogen and oxygen atoms in total. The van der Waals surface area contributed by atoms with E-state index in [0.29, 0.717) is 22.7 Å². The SMILES string of the molecule is [2H]C([2H])([2H])c1ccccc1-c1ccc(N2B(c3ccccc3)n3c4ccccc4c4cc[c-]c2c43)nc1Oc1[c-]c(-n2[c](=[Pt])n(-c3c(-c4ccccc4)cc(C(C)(C)C)cc3-c3ccc(C(C)(C)C)cc3)c3ccccc32)ccc1. The van der Waals surface area contributed by atoms with Crippen LogP contribution in [0.5, 0.6) is 11.6 Å². The van der Waals surface area contributed by atoms with Crippen molar-refractivity contribution >= 4 is 56.8 Å². The summed E-state index contributed by atoms with van der Waals surface area (Å²) in [7, 11) is 0. The number of imidazole rings is 1. The first kappa shape index (κ1) is 45.0. The monoisotopic (exact) mass is 1180 g/mol. The van der Waals surface area contributed by atoms with Gasteiger partial charge in [-0.05, 0) is 11.5 Å². The van der Waals surface area contributed by atoms with E-state index in [9.17, 15) is 0 Å². The molecular formula is C69H56BN5OPt-2. The van der Waals surface area contributed by atoms with Crippen LogP contribution in [0.15, 0.2) is 212 Å². The normalized spacial score (nSPS) is 13.4. The van der Waals surface area contributed by atoms with Crippen molar-refractivity contribution in [2.24, 2.45) is 0 Å². The van der Waals surface area contributed by atoms with Crippen molar-refractivity contribution in [3.05, 3.63) is 245 Å². The molecule has 13 rings (SSSR count). The van der Waals surface area contributed by atoms with Crippen LogP contribution < -0.4 is 15.0 Å². The van der Waals surface area contributed by atoms with E-state index in [-0.39, 0.29) is 29.3 Å². The van der Waals surface area contributed by atoms with Crippen molar-refractivity contribution in [2.45, 2.75) is 59.2 Å². The third-order valence-corrected chi connectivity index (χ3v) is 16.0. The molecule has 4 heterocycles. The number of hydrogen-bond donors (Lipinski definition) is 0. The molecule has 0 saturated heterocycles. The predicted octanol–water partition coefficient (Wildman–Crippen LogP) is 16.7. The Bertz CT molecular complexity index is 4440. The van der Waals surface area contributed by atoms with Gasteiger partial charge in [0.2, 0.25) is 0 Å². The van der Waals surface area contributed by atoms with E-state index in [2.05, 4.69) is 243 Å². The molecule has 12 aromatic rings. The number of ether oxygens (including phenoxy) is 1. The molecule has 9 aromatic carbocycles. The van der Waals surface area contributed by atoms with Crippen molar-refractivity contribution in [2.75, 3.05) is 4.81 Å². The Labute approximate surface area is 466 Å². The summed E-state index contributed by atoms with van der Waals surface area (Å²) in [6, 6.07) is 80.4. The van der Waals surface area contributed by atoms with Crippen LogP contribution >= 0.6 is 0 Å². The maximum atomic E-state index is 8.65. The third-order valence-electron chi connectivity index (χ3n) is 15.0. The van der Waals surface area contributed by atoms with Crippen LogP contribution in [-0.4, -0.2) is 25.6 Å². The van der Waals surface area contributed by atoms with Gasteiger partial charge in [0.1, 0.15) is 0 Å². The average molecular weight is 1180 g/mol. The van der Waals surface area contributed by atoms with Crippen LogP contribution in [0, 0.1) is 22.8 Å². The van der Waals surface area contributed by atoms with Crippen LogP contribution in [0.2, 0.25) is 0 Å². The molecule has 0 N–H and O–H groups in total. The average Bonchev–Trinajstić information content (AvgIpc) is 2.82. The second-order valence-electron chi connectivity index (χ2n) is 22.0. The molecule has 77 heavy (non-hydrogen) atoms. The number of aromatic nitrogens is 4. The van der Waals surface area contributed by atoms with Gasteiger partial charge in [-0.1, -0.05) is 48.5 Å². The van der Waals surface area contributed by atoms with Gasteiger partial charge in [-0.3, -0.25) is 0 Å². The van der Waals surface area contributed by atoms with Gasteiger partial charge in [0.15, 0.2) is 0 Å². The van der Waals surface area contributed by atoms with Gasteiger partial charge in [-0.25, -0.2) is 0 Å². The Hall–Kier alpha value is -8.25. The van der Waals surface area contributed by atoms with Crippen LogP contribution in [0.25, 0.3) is 77.6 Å². The Morgan fingerprint density at radius 1 is 0.558 bits per heavy atom. The molecule has 0 fully saturated rings. The first-order chi connectivity index (χ1) is 38.5. The number of fused-ring (bicyclic) bond motifs is 4. The number of hydrogen-bond acceptors (Lipinski definition) is 3. The molecule has 0 saturated carbocycles. The van der Waals surface area contributed by atoms with Crippen molar-refractivity contribution in [1.82, 2.24) is 18.6 Å². The topological polar surface area (TPSA) is 40.1 Å². The molecule has 1 aliphatic heterocycles. The van der Waals surface area contributed by atoms with Crippen LogP contribution in [-0.2, 0) is 30.2 Å². The summed E-state index contributed by atoms with van der Waals surface area (Å²) >= 11 is 2.48. The van der Waals surface area contributed by atoms with Crippen LogP contribution in [0.3, 0.4) is 0 Å². The molecule has 378 valence electrons. The first-order valence-electron chi connectivity index (χ1n) is 27.6. The van der Waals surface area contributed by atoms with Crippen molar-refractivity contribution < 1.29 is 28.2 Å². The maximum absolute atomic E-state index is 8.65. The van der Waals surface area contributed by atoms with E-state index in [4.69, 9.17) is 13.8 Å². The van der Waals surface area contributed by atoms with E-state index >= 15 is 0 Å². The minimum atomic E-state index is -2.41. The second kappa shape index (κ2) is 18.8. The number of pyridine rings is 1. The Morgan fingerprint density at radius 2 is 1.19 bits per heavy atom. The van der Waals surface area contributed by atoms with Gasteiger partial charge >= 0.3 is 386 Å². The van der Waals surface area contributed by atoms with Crippen molar-refractivity contribution in [3.63, 3.8) is 0 Å². The molecule has 0 aliphatic carbocycles. The summed E-state index contributed by atoms with van der Waals surface area (Å²) in [5, 5.41) is 2.29. The third kappa shape index (κ3) is 8.31. The van der Waals surface area contributed by atoms with Crippen LogP contribution in [0.1, 0.15) is 62.3 Å². The summed E-state index contributed by atoms with van der Waals surface area (Å²) in [6.45, 7) is 10.9. The van der Waals surface area contributed by atoms with E-state index in [1.54, 1.807) is 12.1 Å². The zero-order valence-electron chi connectivity index (χ0n) is 46.7. The quantitative estimate of drug-likeness (QED) is 0.107. The Morgan fingerprint density at radius 3 is 1.91 bits per heavy atom. The molecule has 8 heteroatoms. The Balaban J connectivity index is 0.996. The predicted molar refractivity (Wildman–Crippen MR) is 315 cm³/mol. The van der Waals surface area contributed by atoms with Gasteiger partial charge < -0.3 is 0 Å². The number of aryl methyl sites for hydroxylation is 1. The van der Waals surface area contributed by atoms with Gasteiger partial charge in [-0.15, -0.1) is 5.39 Å². The van der Waals surface area contributed by atoms with Gasteiger partial charge in [0, 0.05) is 5.52 Å². The number of anilines is 2. The number of para-hydroxylation sites is 3. The minimum absolute atomic E-state index is 0.00485. The first-order valence-corrected chi connectivity index (χ1v) is 27.3. The summed E-state index contributed by atoms with van der Waals surface area (Å²) in [4.78, 5) is 7.66. The summed E-state index contributed by atoms with van der Waals surface area (Å²) in [5.74, 6) is 1.26. The van der Waals surface area contributed by atoms with E-state index in [0.717, 1.165) is 76.0 Å². The van der Waals surface area contributed by atoms with Crippen molar-refractivity contribution in [1.29, 1.82) is 0 Å². The fraction of sp³-hybridized carbons (Fsp3) is 0.130. The molecule has 3 aromatic heterocycles. The van der Waals surface area contributed by atoms with E-state index in [1.165, 1.54) is 16.5 Å². The Kier molecular flexibility index (Phi) is 11.0. The zero-order valence-corrected chi connectivity index (χ0v) is 46.0. The molecule has 0 bridgehead atoms. The molecular weight excluding hydrogens is 1120 g/mol. The standard InChI is InChI=1S/C69H56BN5O.Pt/c1-46-22-14-15-29-54(46)57-40-41-64(74-63-35-21-31-56-55-30-16-17-32-60(55)75(66(56)63)70(74)51-25-12-9-13-26-51)71-67(57)76-53-28-20-27-52(44-53)72-45-73(62-34-19-18-33-61(62)72)65-58(47-23-10-8-11-24-47)42-50(69(5,6)7)43-59(65)48-36-38-49(39-37-48)68(2,3)4;/h8-34,36-43H,1-7H3;/q-2;/i1D3;. The summed E-state index contributed by atoms with van der Waals surface area (Å²) in [5.41, 5.74) is 16.1.